The van der Waals surface area contributed by atoms with E-state index in [1.165, 1.54) is 12.1 Å². The molecule has 1 fully saturated rings. The third-order valence-electron chi connectivity index (χ3n) is 4.36. The van der Waals surface area contributed by atoms with Crippen molar-refractivity contribution in [2.75, 3.05) is 11.9 Å². The van der Waals surface area contributed by atoms with Crippen molar-refractivity contribution in [2.24, 2.45) is 5.92 Å². The zero-order valence-corrected chi connectivity index (χ0v) is 15.6. The van der Waals surface area contributed by atoms with Gasteiger partial charge in [-0.1, -0.05) is 12.1 Å². The third kappa shape index (κ3) is 6.20. The fourth-order valence-electron chi connectivity index (χ4n) is 2.56. The first-order chi connectivity index (χ1) is 13.7. The van der Waals surface area contributed by atoms with E-state index in [-0.39, 0.29) is 29.3 Å². The number of pyridine rings is 1. The summed E-state index contributed by atoms with van der Waals surface area (Å²) in [5.41, 5.74) is 1.73. The van der Waals surface area contributed by atoms with Crippen molar-refractivity contribution >= 4 is 17.5 Å². The summed E-state index contributed by atoms with van der Waals surface area (Å²) in [6.07, 6.45) is -1.44. The van der Waals surface area contributed by atoms with Crippen molar-refractivity contribution in [2.45, 2.75) is 32.0 Å². The SMILES string of the molecule is CC(NC(=O)c1ccc(OCC(F)(F)F)nc1)c1ccc(NC(=O)C2CC2)cc1. The van der Waals surface area contributed by atoms with Gasteiger partial charge in [-0.3, -0.25) is 9.59 Å². The summed E-state index contributed by atoms with van der Waals surface area (Å²) in [6.45, 7) is 0.351. The predicted molar refractivity (Wildman–Crippen MR) is 99.5 cm³/mol. The molecular formula is C20H20F3N3O3. The van der Waals surface area contributed by atoms with Gasteiger partial charge in [-0.25, -0.2) is 4.98 Å². The highest BCUT2D eigenvalue weighted by atomic mass is 19.4. The van der Waals surface area contributed by atoms with Crippen molar-refractivity contribution in [3.63, 3.8) is 0 Å². The number of carbonyl (C=O) groups is 2. The van der Waals surface area contributed by atoms with Crippen LogP contribution in [0.3, 0.4) is 0 Å². The highest BCUT2D eigenvalue weighted by molar-refractivity contribution is 5.94. The molecule has 154 valence electrons. The normalized spacial score (nSPS) is 14.8. The van der Waals surface area contributed by atoms with Crippen LogP contribution in [0.1, 0.15) is 41.7 Å². The van der Waals surface area contributed by atoms with E-state index in [1.54, 1.807) is 31.2 Å². The van der Waals surface area contributed by atoms with Gasteiger partial charge in [-0.05, 0) is 43.5 Å². The van der Waals surface area contributed by atoms with Crippen LogP contribution >= 0.6 is 0 Å². The lowest BCUT2D eigenvalue weighted by atomic mass is 10.1. The van der Waals surface area contributed by atoms with Gasteiger partial charge < -0.3 is 15.4 Å². The van der Waals surface area contributed by atoms with E-state index in [0.29, 0.717) is 5.69 Å². The van der Waals surface area contributed by atoms with Crippen LogP contribution in [0.15, 0.2) is 42.6 Å². The number of nitrogens with zero attached hydrogens (tertiary/aromatic N) is 1. The third-order valence-corrected chi connectivity index (χ3v) is 4.36. The Bertz CT molecular complexity index is 863. The Hall–Kier alpha value is -3.10. The van der Waals surface area contributed by atoms with Crippen LogP contribution in [0.2, 0.25) is 0 Å². The van der Waals surface area contributed by atoms with E-state index >= 15 is 0 Å². The maximum atomic E-state index is 12.3. The number of carbonyl (C=O) groups excluding carboxylic acids is 2. The number of halogens is 3. The molecule has 1 heterocycles. The Labute approximate surface area is 165 Å². The number of amides is 2. The fraction of sp³-hybridized carbons (Fsp3) is 0.350. The van der Waals surface area contributed by atoms with E-state index in [0.717, 1.165) is 24.6 Å². The second kappa shape index (κ2) is 8.50. The van der Waals surface area contributed by atoms with Crippen LogP contribution in [0.4, 0.5) is 18.9 Å². The van der Waals surface area contributed by atoms with Gasteiger partial charge in [0.25, 0.3) is 5.91 Å². The molecule has 1 unspecified atom stereocenters. The molecule has 2 N–H and O–H groups in total. The molecule has 2 aromatic rings. The molecule has 29 heavy (non-hydrogen) atoms. The Kier molecular flexibility index (Phi) is 6.05. The Morgan fingerprint density at radius 2 is 1.86 bits per heavy atom. The van der Waals surface area contributed by atoms with Crippen LogP contribution in [-0.4, -0.2) is 29.6 Å². The number of rotatable bonds is 7. The second-order valence-corrected chi connectivity index (χ2v) is 6.87. The zero-order valence-electron chi connectivity index (χ0n) is 15.6. The molecule has 1 aliphatic rings. The lowest BCUT2D eigenvalue weighted by Gasteiger charge is -2.15. The molecule has 1 aromatic heterocycles. The molecule has 0 bridgehead atoms. The van der Waals surface area contributed by atoms with Crippen LogP contribution in [-0.2, 0) is 4.79 Å². The second-order valence-electron chi connectivity index (χ2n) is 6.87. The summed E-state index contributed by atoms with van der Waals surface area (Å²) in [5.74, 6) is -0.491. The lowest BCUT2D eigenvalue weighted by molar-refractivity contribution is -0.154. The maximum absolute atomic E-state index is 12.3. The van der Waals surface area contributed by atoms with Crippen molar-refractivity contribution in [3.8, 4) is 5.88 Å². The first-order valence-corrected chi connectivity index (χ1v) is 9.08. The molecule has 1 saturated carbocycles. The summed E-state index contributed by atoms with van der Waals surface area (Å²) in [6, 6.07) is 9.38. The molecule has 2 amide bonds. The largest absolute Gasteiger partial charge is 0.468 e. The van der Waals surface area contributed by atoms with Crippen molar-refractivity contribution in [3.05, 3.63) is 53.7 Å². The molecule has 0 radical (unpaired) electrons. The van der Waals surface area contributed by atoms with Gasteiger partial charge in [0.15, 0.2) is 6.61 Å². The van der Waals surface area contributed by atoms with Crippen LogP contribution < -0.4 is 15.4 Å². The van der Waals surface area contributed by atoms with Crippen LogP contribution in [0, 0.1) is 5.92 Å². The molecule has 0 aliphatic heterocycles. The topological polar surface area (TPSA) is 80.3 Å². The minimum absolute atomic E-state index is 0.0225. The van der Waals surface area contributed by atoms with Crippen LogP contribution in [0.25, 0.3) is 0 Å². The summed E-state index contributed by atoms with van der Waals surface area (Å²) in [4.78, 5) is 27.8. The van der Waals surface area contributed by atoms with Crippen molar-refractivity contribution < 1.29 is 27.5 Å². The van der Waals surface area contributed by atoms with Crippen molar-refractivity contribution in [1.29, 1.82) is 0 Å². The molecular weight excluding hydrogens is 387 g/mol. The zero-order chi connectivity index (χ0) is 21.0. The predicted octanol–water partition coefficient (Wildman–Crippen LogP) is 3.86. The quantitative estimate of drug-likeness (QED) is 0.730. The lowest BCUT2D eigenvalue weighted by Crippen LogP contribution is -2.26. The Morgan fingerprint density at radius 1 is 1.17 bits per heavy atom. The van der Waals surface area contributed by atoms with Gasteiger partial charge in [0, 0.05) is 23.9 Å². The molecule has 3 rings (SSSR count). The van der Waals surface area contributed by atoms with Gasteiger partial charge in [0.05, 0.1) is 11.6 Å². The molecule has 0 spiro atoms. The Balaban J connectivity index is 1.53. The smallest absolute Gasteiger partial charge is 0.422 e. The number of benzene rings is 1. The standard InChI is InChI=1S/C20H20F3N3O3/c1-12(13-4-7-16(8-5-13)26-18(27)14-2-3-14)25-19(28)15-6-9-17(24-10-15)29-11-20(21,22)23/h4-10,12,14H,2-3,11H2,1H3,(H,25,28)(H,26,27). The first kappa shape index (κ1) is 20.6. The summed E-state index contributed by atoms with van der Waals surface area (Å²) >= 11 is 0. The summed E-state index contributed by atoms with van der Waals surface area (Å²) in [7, 11) is 0. The highest BCUT2D eigenvalue weighted by Gasteiger charge is 2.29. The van der Waals surface area contributed by atoms with E-state index in [1.807, 2.05) is 0 Å². The molecule has 6 nitrogen and oxygen atoms in total. The van der Waals surface area contributed by atoms with Gasteiger partial charge in [0.2, 0.25) is 11.8 Å². The maximum Gasteiger partial charge on any atom is 0.422 e. The number of anilines is 1. The Morgan fingerprint density at radius 3 is 2.41 bits per heavy atom. The molecule has 1 aliphatic carbocycles. The van der Waals surface area contributed by atoms with Crippen LogP contribution in [0.5, 0.6) is 5.88 Å². The number of ether oxygens (including phenoxy) is 1. The minimum Gasteiger partial charge on any atom is -0.468 e. The van der Waals surface area contributed by atoms with Crippen molar-refractivity contribution in [1.82, 2.24) is 10.3 Å². The minimum atomic E-state index is -4.45. The van der Waals surface area contributed by atoms with E-state index in [4.69, 9.17) is 0 Å². The average Bonchev–Trinajstić information content (AvgIpc) is 3.52. The summed E-state index contributed by atoms with van der Waals surface area (Å²) < 4.78 is 40.9. The number of aromatic nitrogens is 1. The molecule has 1 aromatic carbocycles. The number of nitrogens with one attached hydrogen (secondary N) is 2. The highest BCUT2D eigenvalue weighted by Crippen LogP contribution is 2.30. The van der Waals surface area contributed by atoms with E-state index in [9.17, 15) is 22.8 Å². The average molecular weight is 407 g/mol. The van der Waals surface area contributed by atoms with Gasteiger partial charge in [-0.2, -0.15) is 13.2 Å². The molecule has 9 heteroatoms. The number of hydrogen-bond acceptors (Lipinski definition) is 4. The fourth-order valence-corrected chi connectivity index (χ4v) is 2.56. The summed E-state index contributed by atoms with van der Waals surface area (Å²) in [5, 5.41) is 5.63. The first-order valence-electron chi connectivity index (χ1n) is 9.08. The monoisotopic (exact) mass is 407 g/mol. The number of alkyl halides is 3. The molecule has 0 saturated heterocycles. The van der Waals surface area contributed by atoms with Gasteiger partial charge in [-0.15, -0.1) is 0 Å². The van der Waals surface area contributed by atoms with Gasteiger partial charge in [0.1, 0.15) is 0 Å². The van der Waals surface area contributed by atoms with Gasteiger partial charge >= 0.3 is 6.18 Å². The molecule has 1 atom stereocenters. The van der Waals surface area contributed by atoms with E-state index < -0.39 is 18.7 Å². The van der Waals surface area contributed by atoms with E-state index in [2.05, 4.69) is 20.4 Å². The number of hydrogen-bond donors (Lipinski definition) is 2.